The van der Waals surface area contributed by atoms with Gasteiger partial charge in [-0.3, -0.25) is 43.2 Å². The van der Waals surface area contributed by atoms with Crippen molar-refractivity contribution in [3.8, 4) is 0 Å². The second kappa shape index (κ2) is 28.9. The zero-order chi connectivity index (χ0) is 52.1. The van der Waals surface area contributed by atoms with Gasteiger partial charge in [0.05, 0.1) is 25.1 Å². The summed E-state index contributed by atoms with van der Waals surface area (Å²) in [7, 11) is 0. The van der Waals surface area contributed by atoms with Crippen molar-refractivity contribution >= 4 is 59.1 Å². The maximum absolute atomic E-state index is 14.0. The van der Waals surface area contributed by atoms with E-state index in [4.69, 9.17) is 17.2 Å². The molecule has 1 aliphatic rings. The number of aromatic amines is 1. The zero-order valence-corrected chi connectivity index (χ0v) is 40.1. The lowest BCUT2D eigenvalue weighted by Crippen LogP contribution is -2.61. The number of carbonyl (C=O) groups is 10. The molecule has 9 amide bonds. The molecule has 1 fully saturated rings. The Balaban J connectivity index is 2.19. The maximum Gasteiger partial charge on any atom is 0.328 e. The van der Waals surface area contributed by atoms with Gasteiger partial charge in [-0.1, -0.05) is 27.7 Å². The smallest absolute Gasteiger partial charge is 0.328 e. The van der Waals surface area contributed by atoms with Gasteiger partial charge < -0.3 is 79.6 Å². The average Bonchev–Trinajstić information content (AvgIpc) is 3.99. The molecule has 26 heteroatoms. The Kier molecular flexibility index (Phi) is 24.7. The first-order chi connectivity index (χ1) is 32.4. The summed E-state index contributed by atoms with van der Waals surface area (Å²) in [5.74, 6) is -9.61. The van der Waals surface area contributed by atoms with Crippen LogP contribution in [0.4, 0.5) is 0 Å². The molecule has 1 aromatic rings. The minimum atomic E-state index is -1.65. The van der Waals surface area contributed by atoms with Gasteiger partial charge in [-0.2, -0.15) is 0 Å². The molecule has 0 aromatic carbocycles. The van der Waals surface area contributed by atoms with Crippen LogP contribution in [0.3, 0.4) is 0 Å². The van der Waals surface area contributed by atoms with Gasteiger partial charge in [-0.15, -0.1) is 0 Å². The van der Waals surface area contributed by atoms with Gasteiger partial charge in [-0.25, -0.2) is 9.78 Å². The molecule has 10 atom stereocenters. The number of hydrogen-bond acceptors (Lipinski definition) is 15. The van der Waals surface area contributed by atoms with Gasteiger partial charge >= 0.3 is 5.97 Å². The van der Waals surface area contributed by atoms with E-state index in [0.29, 0.717) is 25.0 Å². The largest absolute Gasteiger partial charge is 0.480 e. The van der Waals surface area contributed by atoms with E-state index in [2.05, 4.69) is 47.2 Å². The number of unbranched alkanes of at least 4 members (excludes halogenated alkanes) is 1. The number of amides is 9. The zero-order valence-electron chi connectivity index (χ0n) is 40.1. The SMILES string of the molecule is CC(C)C[C@H](NC(=O)[C@H](CO)NC(=O)[C@@H](NC(=O)[C@H](C)NC(=O)[C@H](CCC(N)=O)NC(=O)[C@@H](N)Cc1cnc[nH]1)C(C)C)C(=O)N[C@@H](CCCCN)C(=O)N1CCC[C@H]1C(=O)N[C@H](C(=O)O)[C@@H](C)O. The van der Waals surface area contributed by atoms with Crippen molar-refractivity contribution in [2.45, 2.75) is 160 Å². The predicted molar refractivity (Wildman–Crippen MR) is 246 cm³/mol. The highest BCUT2D eigenvalue weighted by Gasteiger charge is 2.40. The Labute approximate surface area is 400 Å². The normalized spacial score (nSPS) is 17.4. The van der Waals surface area contributed by atoms with Crippen molar-refractivity contribution in [3.05, 3.63) is 18.2 Å². The van der Waals surface area contributed by atoms with Crippen LogP contribution >= 0.6 is 0 Å². The quantitative estimate of drug-likeness (QED) is 0.0322. The van der Waals surface area contributed by atoms with E-state index in [1.807, 2.05) is 0 Å². The van der Waals surface area contributed by atoms with Crippen LogP contribution in [0.2, 0.25) is 0 Å². The Bertz CT molecular complexity index is 1920. The highest BCUT2D eigenvalue weighted by molar-refractivity contribution is 5.98. The molecule has 0 aliphatic carbocycles. The highest BCUT2D eigenvalue weighted by atomic mass is 16.4. The third-order valence-electron chi connectivity index (χ3n) is 11.2. The van der Waals surface area contributed by atoms with E-state index in [-0.39, 0.29) is 57.5 Å². The average molecular weight is 980 g/mol. The monoisotopic (exact) mass is 980 g/mol. The maximum atomic E-state index is 14.0. The second-order valence-electron chi connectivity index (χ2n) is 17.9. The van der Waals surface area contributed by atoms with Gasteiger partial charge in [0.2, 0.25) is 53.2 Å². The van der Waals surface area contributed by atoms with E-state index >= 15 is 0 Å². The molecule has 17 N–H and O–H groups in total. The molecule has 26 nitrogen and oxygen atoms in total. The van der Waals surface area contributed by atoms with Crippen molar-refractivity contribution in [1.29, 1.82) is 0 Å². The fraction of sp³-hybridized carbons (Fsp3) is 0.698. The molecule has 2 heterocycles. The van der Waals surface area contributed by atoms with Crippen LogP contribution < -0.4 is 54.4 Å². The standard InChI is InChI=1S/C43H73N13O13/c1-21(2)16-29(38(63)51-28(10-7-8-14-44)42(67)56-15-9-11-31(56)40(65)55-34(24(6)58)43(68)69)52-39(64)30(19-57)53-41(66)33(22(3)4)54-35(60)23(5)49-37(62)27(12-13-32(46)59)50-36(61)26(45)17-25-18-47-20-48-25/h18,20-24,26-31,33-34,57-58H,7-17,19,44-45H2,1-6H3,(H2,46,59)(H,47,48)(H,49,62)(H,50,61)(H,51,63)(H,52,64)(H,53,66)(H,54,60)(H,55,65)(H,68,69)/t23-,24+,26-,27-,28-,29-,30-,31-,33-,34-/m0/s1. The van der Waals surface area contributed by atoms with E-state index < -0.39 is 132 Å². The number of carboxylic acids is 1. The molecule has 0 bridgehead atoms. The Morgan fingerprint density at radius 2 is 1.38 bits per heavy atom. The van der Waals surface area contributed by atoms with Crippen molar-refractivity contribution in [2.75, 3.05) is 19.7 Å². The first-order valence-corrected chi connectivity index (χ1v) is 23.1. The number of carbonyl (C=O) groups excluding carboxylic acids is 9. The number of aromatic nitrogens is 2. The second-order valence-corrected chi connectivity index (χ2v) is 17.9. The number of aliphatic hydroxyl groups excluding tert-OH is 2. The molecule has 1 saturated heterocycles. The molecule has 1 aromatic heterocycles. The number of aliphatic hydroxyl groups is 2. The molecular formula is C43H73N13O13. The molecule has 2 rings (SSSR count). The first kappa shape index (κ1) is 58.9. The van der Waals surface area contributed by atoms with Gasteiger partial charge in [0.15, 0.2) is 6.04 Å². The Morgan fingerprint density at radius 1 is 0.768 bits per heavy atom. The van der Waals surface area contributed by atoms with Crippen molar-refractivity contribution in [2.24, 2.45) is 29.0 Å². The number of rotatable bonds is 30. The van der Waals surface area contributed by atoms with Crippen LogP contribution in [0.15, 0.2) is 12.5 Å². The van der Waals surface area contributed by atoms with Crippen LogP contribution in [-0.2, 0) is 54.4 Å². The molecular weight excluding hydrogens is 907 g/mol. The number of H-pyrrole nitrogens is 1. The van der Waals surface area contributed by atoms with Gasteiger partial charge in [0.1, 0.15) is 42.3 Å². The molecule has 69 heavy (non-hydrogen) atoms. The summed E-state index contributed by atoms with van der Waals surface area (Å²) in [6.45, 7) is 8.64. The van der Waals surface area contributed by atoms with Crippen LogP contribution in [0.25, 0.3) is 0 Å². The number of primary amides is 1. The number of nitrogens with one attached hydrogen (secondary N) is 8. The van der Waals surface area contributed by atoms with Crippen LogP contribution in [0.5, 0.6) is 0 Å². The number of nitrogens with two attached hydrogens (primary N) is 3. The number of imidazole rings is 1. The summed E-state index contributed by atoms with van der Waals surface area (Å²) in [6.07, 6.45) is 2.54. The third kappa shape index (κ3) is 19.3. The first-order valence-electron chi connectivity index (χ1n) is 23.1. The lowest BCUT2D eigenvalue weighted by atomic mass is 10.0. The molecule has 1 aliphatic heterocycles. The predicted octanol–water partition coefficient (Wildman–Crippen LogP) is -4.76. The Morgan fingerprint density at radius 3 is 1.93 bits per heavy atom. The van der Waals surface area contributed by atoms with E-state index in [0.717, 1.165) is 0 Å². The summed E-state index contributed by atoms with van der Waals surface area (Å²) in [6, 6.07) is -12.0. The van der Waals surface area contributed by atoms with Crippen LogP contribution in [0, 0.1) is 11.8 Å². The summed E-state index contributed by atoms with van der Waals surface area (Å²) in [4.78, 5) is 139. The van der Waals surface area contributed by atoms with Crippen LogP contribution in [-0.4, -0.2) is 169 Å². The number of aliphatic carboxylic acids is 1. The van der Waals surface area contributed by atoms with E-state index in [1.165, 1.54) is 31.3 Å². The summed E-state index contributed by atoms with van der Waals surface area (Å²) in [5, 5.41) is 47.0. The van der Waals surface area contributed by atoms with Gasteiger partial charge in [-0.05, 0) is 77.2 Å². The summed E-state index contributed by atoms with van der Waals surface area (Å²) < 4.78 is 0. The van der Waals surface area contributed by atoms with Gasteiger partial charge in [0, 0.05) is 31.3 Å². The molecule has 0 saturated carbocycles. The fourth-order valence-corrected chi connectivity index (χ4v) is 7.35. The fourth-order valence-electron chi connectivity index (χ4n) is 7.35. The number of likely N-dealkylation sites (tertiary alicyclic amines) is 1. The summed E-state index contributed by atoms with van der Waals surface area (Å²) in [5.41, 5.74) is 17.5. The highest BCUT2D eigenvalue weighted by Crippen LogP contribution is 2.21. The molecule has 0 unspecified atom stereocenters. The molecule has 0 radical (unpaired) electrons. The van der Waals surface area contributed by atoms with E-state index in [9.17, 15) is 63.3 Å². The Hall–Kier alpha value is -6.25. The minimum absolute atomic E-state index is 0.0391. The minimum Gasteiger partial charge on any atom is -0.480 e. The number of hydrogen-bond donors (Lipinski definition) is 14. The van der Waals surface area contributed by atoms with Gasteiger partial charge in [0.25, 0.3) is 0 Å². The topological polar surface area (TPSA) is 426 Å². The number of nitrogens with zero attached hydrogens (tertiary/aromatic N) is 2. The lowest BCUT2D eigenvalue weighted by molar-refractivity contribution is -0.147. The molecule has 388 valence electrons. The van der Waals surface area contributed by atoms with Crippen molar-refractivity contribution < 1.29 is 63.3 Å². The van der Waals surface area contributed by atoms with Crippen LogP contribution in [0.1, 0.15) is 98.6 Å². The number of carboxylic acid groups (broad SMARTS) is 1. The van der Waals surface area contributed by atoms with Crippen molar-refractivity contribution in [3.63, 3.8) is 0 Å². The lowest BCUT2D eigenvalue weighted by Gasteiger charge is -2.31. The molecule has 0 spiro atoms. The summed E-state index contributed by atoms with van der Waals surface area (Å²) >= 11 is 0. The third-order valence-corrected chi connectivity index (χ3v) is 11.2. The van der Waals surface area contributed by atoms with E-state index in [1.54, 1.807) is 27.7 Å². The van der Waals surface area contributed by atoms with Crippen molar-refractivity contribution in [1.82, 2.24) is 52.1 Å².